The van der Waals surface area contributed by atoms with E-state index in [1.54, 1.807) is 0 Å². The average Bonchev–Trinajstić information content (AvgIpc) is 3.10. The Morgan fingerprint density at radius 1 is 1.15 bits per heavy atom. The highest BCUT2D eigenvalue weighted by atomic mass is 16.5. The zero-order valence-corrected chi connectivity index (χ0v) is 16.0. The number of carbonyl (C=O) groups is 1. The van der Waals surface area contributed by atoms with Crippen LogP contribution in [0, 0.1) is 0 Å². The fourth-order valence-electron chi connectivity index (χ4n) is 4.52. The van der Waals surface area contributed by atoms with Crippen molar-refractivity contribution in [2.45, 2.75) is 45.3 Å². The summed E-state index contributed by atoms with van der Waals surface area (Å²) >= 11 is 0. The van der Waals surface area contributed by atoms with Crippen LogP contribution in [0.2, 0.25) is 0 Å². The van der Waals surface area contributed by atoms with Gasteiger partial charge in [0.05, 0.1) is 6.61 Å². The number of likely N-dealkylation sites (N-methyl/N-ethyl adjacent to an activating group) is 1. The first-order valence-corrected chi connectivity index (χ1v) is 10.2. The Morgan fingerprint density at radius 2 is 2.00 bits per heavy atom. The van der Waals surface area contributed by atoms with Crippen LogP contribution in [0.15, 0.2) is 18.2 Å². The summed E-state index contributed by atoms with van der Waals surface area (Å²) in [6, 6.07) is 6.89. The lowest BCUT2D eigenvalue weighted by atomic mass is 10.1. The van der Waals surface area contributed by atoms with Crippen molar-refractivity contribution in [3.8, 4) is 0 Å². The number of hydrogen-bond donors (Lipinski definition) is 0. The molecule has 0 N–H and O–H groups in total. The van der Waals surface area contributed by atoms with Gasteiger partial charge < -0.3 is 14.5 Å². The molecule has 0 radical (unpaired) electrons. The van der Waals surface area contributed by atoms with E-state index in [1.807, 2.05) is 4.90 Å². The van der Waals surface area contributed by atoms with Crippen LogP contribution in [0.3, 0.4) is 0 Å². The van der Waals surface area contributed by atoms with Gasteiger partial charge in [0.15, 0.2) is 0 Å². The predicted molar refractivity (Wildman–Crippen MR) is 103 cm³/mol. The number of morpholine rings is 1. The predicted octanol–water partition coefficient (Wildman–Crippen LogP) is 2.28. The van der Waals surface area contributed by atoms with Gasteiger partial charge in [-0.05, 0) is 49.8 Å². The van der Waals surface area contributed by atoms with E-state index in [-0.39, 0.29) is 12.0 Å². The molecule has 0 spiro atoms. The van der Waals surface area contributed by atoms with Crippen molar-refractivity contribution in [1.82, 2.24) is 9.80 Å². The van der Waals surface area contributed by atoms with Gasteiger partial charge in [-0.25, -0.2) is 0 Å². The molecule has 1 aromatic carbocycles. The molecule has 0 aromatic heterocycles. The zero-order chi connectivity index (χ0) is 17.9. The van der Waals surface area contributed by atoms with Crippen molar-refractivity contribution in [2.75, 3.05) is 50.8 Å². The minimum absolute atomic E-state index is 0.196. The summed E-state index contributed by atoms with van der Waals surface area (Å²) in [5, 5.41) is 0. The van der Waals surface area contributed by atoms with Crippen LogP contribution in [0.1, 0.15) is 37.3 Å². The first-order valence-electron chi connectivity index (χ1n) is 10.2. The molecular formula is C21H31N3O2. The molecule has 4 rings (SSSR count). The summed E-state index contributed by atoms with van der Waals surface area (Å²) in [5.74, 6) is 0.196. The molecule has 3 heterocycles. The number of anilines is 1. The Morgan fingerprint density at radius 3 is 2.81 bits per heavy atom. The van der Waals surface area contributed by atoms with Crippen LogP contribution >= 0.6 is 0 Å². The summed E-state index contributed by atoms with van der Waals surface area (Å²) in [7, 11) is 0. The molecule has 5 heteroatoms. The highest BCUT2D eigenvalue weighted by molar-refractivity contribution is 5.81. The van der Waals surface area contributed by atoms with Gasteiger partial charge in [0, 0.05) is 51.5 Å². The molecule has 3 aliphatic rings. The molecule has 0 saturated carbocycles. The number of rotatable bonds is 4. The van der Waals surface area contributed by atoms with E-state index in [1.165, 1.54) is 23.2 Å². The second-order valence-corrected chi connectivity index (χ2v) is 7.77. The maximum absolute atomic E-state index is 12.7. The van der Waals surface area contributed by atoms with Gasteiger partial charge in [-0.3, -0.25) is 9.69 Å². The summed E-state index contributed by atoms with van der Waals surface area (Å²) in [6.07, 6.45) is 4.37. The molecule has 2 fully saturated rings. The molecule has 2 saturated heterocycles. The average molecular weight is 357 g/mol. The number of likely N-dealkylation sites (tertiary alicyclic amines) is 1. The van der Waals surface area contributed by atoms with Gasteiger partial charge >= 0.3 is 0 Å². The second kappa shape index (κ2) is 7.97. The number of fused-ring (bicyclic) bond motifs is 1. The lowest BCUT2D eigenvalue weighted by Crippen LogP contribution is -2.51. The van der Waals surface area contributed by atoms with Gasteiger partial charge in [-0.2, -0.15) is 0 Å². The monoisotopic (exact) mass is 357 g/mol. The lowest BCUT2D eigenvalue weighted by Gasteiger charge is -2.36. The maximum Gasteiger partial charge on any atom is 0.253 e. The summed E-state index contributed by atoms with van der Waals surface area (Å²) in [5.41, 5.74) is 4.22. The normalized spacial score (nSPS) is 24.0. The highest BCUT2D eigenvalue weighted by Gasteiger charge is 2.31. The SMILES string of the molecule is CCN1CCc2cc(CN3CCO[C@@H](C(=O)N4CCCCC4)C3)ccc21. The third kappa shape index (κ3) is 3.74. The molecule has 3 aliphatic heterocycles. The topological polar surface area (TPSA) is 36.0 Å². The first-order chi connectivity index (χ1) is 12.7. The lowest BCUT2D eigenvalue weighted by molar-refractivity contribution is -0.150. The largest absolute Gasteiger partial charge is 0.371 e. The first kappa shape index (κ1) is 17.8. The van der Waals surface area contributed by atoms with Crippen LogP contribution in [0.5, 0.6) is 0 Å². The van der Waals surface area contributed by atoms with E-state index < -0.39 is 0 Å². The van der Waals surface area contributed by atoms with E-state index >= 15 is 0 Å². The molecule has 142 valence electrons. The van der Waals surface area contributed by atoms with E-state index in [0.717, 1.165) is 58.5 Å². The number of piperidine rings is 1. The van der Waals surface area contributed by atoms with Crippen molar-refractivity contribution in [2.24, 2.45) is 0 Å². The van der Waals surface area contributed by atoms with Crippen LogP contribution in [-0.4, -0.2) is 67.7 Å². The number of hydrogen-bond acceptors (Lipinski definition) is 4. The Labute approximate surface area is 156 Å². The van der Waals surface area contributed by atoms with E-state index in [2.05, 4.69) is 34.9 Å². The Hall–Kier alpha value is -1.59. The Kier molecular flexibility index (Phi) is 5.46. The second-order valence-electron chi connectivity index (χ2n) is 7.77. The summed E-state index contributed by atoms with van der Waals surface area (Å²) < 4.78 is 5.82. The number of carbonyl (C=O) groups excluding carboxylic acids is 1. The van der Waals surface area contributed by atoms with Crippen LogP contribution in [-0.2, 0) is 22.5 Å². The molecule has 0 unspecified atom stereocenters. The quantitative estimate of drug-likeness (QED) is 0.828. The number of nitrogens with zero attached hydrogens (tertiary/aromatic N) is 3. The summed E-state index contributed by atoms with van der Waals surface area (Å²) in [6.45, 7) is 9.42. The van der Waals surface area contributed by atoms with Gasteiger partial charge in [-0.1, -0.05) is 12.1 Å². The van der Waals surface area contributed by atoms with Gasteiger partial charge in [0.1, 0.15) is 6.10 Å². The van der Waals surface area contributed by atoms with Gasteiger partial charge in [0.2, 0.25) is 0 Å². The molecule has 1 amide bonds. The molecule has 5 nitrogen and oxygen atoms in total. The van der Waals surface area contributed by atoms with Crippen molar-refractivity contribution in [3.63, 3.8) is 0 Å². The number of benzene rings is 1. The number of amides is 1. The van der Waals surface area contributed by atoms with Crippen molar-refractivity contribution in [3.05, 3.63) is 29.3 Å². The molecule has 1 atom stereocenters. The van der Waals surface area contributed by atoms with E-state index in [0.29, 0.717) is 13.2 Å². The van der Waals surface area contributed by atoms with Crippen molar-refractivity contribution >= 4 is 11.6 Å². The standard InChI is InChI=1S/C21H31N3O2/c1-2-23-11-8-18-14-17(6-7-19(18)23)15-22-12-13-26-20(16-22)21(25)24-9-4-3-5-10-24/h6-7,14,20H,2-5,8-13,15-16H2,1H3/t20-/m1/s1. The minimum atomic E-state index is -0.285. The van der Waals surface area contributed by atoms with E-state index in [9.17, 15) is 4.79 Å². The van der Waals surface area contributed by atoms with Crippen LogP contribution in [0.4, 0.5) is 5.69 Å². The Balaban J connectivity index is 1.37. The molecule has 0 bridgehead atoms. The fraction of sp³-hybridized carbons (Fsp3) is 0.667. The van der Waals surface area contributed by atoms with Gasteiger partial charge in [-0.15, -0.1) is 0 Å². The maximum atomic E-state index is 12.7. The van der Waals surface area contributed by atoms with Crippen molar-refractivity contribution in [1.29, 1.82) is 0 Å². The zero-order valence-electron chi connectivity index (χ0n) is 16.0. The van der Waals surface area contributed by atoms with Crippen molar-refractivity contribution < 1.29 is 9.53 Å². The number of ether oxygens (including phenoxy) is 1. The van der Waals surface area contributed by atoms with Crippen LogP contribution < -0.4 is 4.90 Å². The molecule has 26 heavy (non-hydrogen) atoms. The smallest absolute Gasteiger partial charge is 0.253 e. The van der Waals surface area contributed by atoms with Crippen LogP contribution in [0.25, 0.3) is 0 Å². The molecular weight excluding hydrogens is 326 g/mol. The highest BCUT2D eigenvalue weighted by Crippen LogP contribution is 2.29. The molecule has 0 aliphatic carbocycles. The Bertz CT molecular complexity index is 642. The van der Waals surface area contributed by atoms with Gasteiger partial charge in [0.25, 0.3) is 5.91 Å². The third-order valence-corrected chi connectivity index (χ3v) is 6.02. The third-order valence-electron chi connectivity index (χ3n) is 6.02. The molecule has 1 aromatic rings. The van der Waals surface area contributed by atoms with E-state index in [4.69, 9.17) is 4.74 Å². The minimum Gasteiger partial charge on any atom is -0.371 e. The fourth-order valence-corrected chi connectivity index (χ4v) is 4.52. The summed E-state index contributed by atoms with van der Waals surface area (Å²) in [4.78, 5) is 19.6.